The van der Waals surface area contributed by atoms with Gasteiger partial charge in [0.25, 0.3) is 0 Å². The van der Waals surface area contributed by atoms with Crippen LogP contribution in [-0.2, 0) is 11.2 Å². The Kier molecular flexibility index (Phi) is 6.13. The summed E-state index contributed by atoms with van der Waals surface area (Å²) in [5.74, 6) is 1.47. The number of carbonyl (C=O) groups excluding carboxylic acids is 1. The lowest BCUT2D eigenvalue weighted by Crippen LogP contribution is -2.48. The fourth-order valence-electron chi connectivity index (χ4n) is 4.19. The van der Waals surface area contributed by atoms with Gasteiger partial charge in [0.05, 0.1) is 12.1 Å². The van der Waals surface area contributed by atoms with Crippen molar-refractivity contribution in [2.75, 3.05) is 39.3 Å². The van der Waals surface area contributed by atoms with Crippen molar-refractivity contribution in [2.45, 2.75) is 13.3 Å². The molecule has 7 nitrogen and oxygen atoms in total. The molecule has 7 heteroatoms. The molecule has 1 fully saturated rings. The van der Waals surface area contributed by atoms with E-state index in [2.05, 4.69) is 27.0 Å². The van der Waals surface area contributed by atoms with Crippen molar-refractivity contribution in [3.8, 4) is 11.6 Å². The first-order valence-corrected chi connectivity index (χ1v) is 11.3. The Morgan fingerprint density at radius 3 is 2.67 bits per heavy atom. The molecule has 33 heavy (non-hydrogen) atoms. The Balaban J connectivity index is 1.19. The number of nitrogens with zero attached hydrogens (tertiary/aromatic N) is 5. The number of fused-ring (bicyclic) bond motifs is 1. The molecule has 0 spiro atoms. The Bertz CT molecular complexity index is 1210. The lowest BCUT2D eigenvalue weighted by Gasteiger charge is -2.34. The van der Waals surface area contributed by atoms with Crippen LogP contribution in [0.25, 0.3) is 16.5 Å². The number of piperazine rings is 1. The summed E-state index contributed by atoms with van der Waals surface area (Å²) in [6, 6.07) is 14.0. The average Bonchev–Trinajstić information content (AvgIpc) is 3.38. The van der Waals surface area contributed by atoms with Gasteiger partial charge in [0.2, 0.25) is 11.8 Å². The third-order valence-corrected chi connectivity index (χ3v) is 6.19. The topological polar surface area (TPSA) is 70.9 Å². The Hall–Kier alpha value is -3.58. The van der Waals surface area contributed by atoms with Crippen molar-refractivity contribution < 1.29 is 9.53 Å². The van der Waals surface area contributed by atoms with E-state index >= 15 is 0 Å². The summed E-state index contributed by atoms with van der Waals surface area (Å²) in [4.78, 5) is 29.3. The van der Waals surface area contributed by atoms with Gasteiger partial charge in [0.15, 0.2) is 0 Å². The van der Waals surface area contributed by atoms with Crippen LogP contribution >= 0.6 is 0 Å². The molecule has 0 aliphatic carbocycles. The van der Waals surface area contributed by atoms with Gasteiger partial charge in [-0.2, -0.15) is 0 Å². The van der Waals surface area contributed by atoms with E-state index in [1.165, 1.54) is 5.57 Å². The van der Waals surface area contributed by atoms with Crippen LogP contribution in [0.1, 0.15) is 18.2 Å². The minimum Gasteiger partial charge on any atom is -0.439 e. The first-order chi connectivity index (χ1) is 16.1. The maximum Gasteiger partial charge on any atom is 0.219 e. The third kappa shape index (κ3) is 5.09. The Morgan fingerprint density at radius 1 is 1.06 bits per heavy atom. The highest BCUT2D eigenvalue weighted by molar-refractivity contribution is 5.89. The van der Waals surface area contributed by atoms with Crippen LogP contribution in [0.15, 0.2) is 59.7 Å². The number of ether oxygens (including phenoxy) is 1. The van der Waals surface area contributed by atoms with Crippen molar-refractivity contribution in [1.82, 2.24) is 19.8 Å². The van der Waals surface area contributed by atoms with Crippen LogP contribution in [0.2, 0.25) is 0 Å². The second-order valence-corrected chi connectivity index (χ2v) is 8.42. The van der Waals surface area contributed by atoms with Gasteiger partial charge in [-0.15, -0.1) is 0 Å². The smallest absolute Gasteiger partial charge is 0.219 e. The number of aliphatic imine (C=N–C) groups is 1. The van der Waals surface area contributed by atoms with Crippen LogP contribution in [0.5, 0.6) is 11.6 Å². The molecular formula is C26H27N5O2. The fourth-order valence-corrected chi connectivity index (χ4v) is 4.19. The molecule has 4 heterocycles. The molecule has 0 saturated carbocycles. The number of amides is 1. The van der Waals surface area contributed by atoms with E-state index in [0.29, 0.717) is 12.4 Å². The molecule has 2 aromatic heterocycles. The predicted octanol–water partition coefficient (Wildman–Crippen LogP) is 3.60. The molecule has 1 amide bonds. The number of rotatable bonds is 6. The van der Waals surface area contributed by atoms with Crippen molar-refractivity contribution in [2.24, 2.45) is 4.99 Å². The number of benzene rings is 1. The lowest BCUT2D eigenvalue weighted by atomic mass is 10.1. The molecular weight excluding hydrogens is 414 g/mol. The second kappa shape index (κ2) is 9.50. The van der Waals surface area contributed by atoms with Crippen molar-refractivity contribution in [1.29, 1.82) is 0 Å². The number of aromatic nitrogens is 2. The molecule has 0 unspecified atom stereocenters. The Labute approximate surface area is 193 Å². The molecule has 0 bridgehead atoms. The number of allylic oxidation sites excluding steroid dienone is 1. The van der Waals surface area contributed by atoms with E-state index in [1.54, 1.807) is 6.92 Å². The van der Waals surface area contributed by atoms with Gasteiger partial charge in [-0.3, -0.25) is 19.7 Å². The van der Waals surface area contributed by atoms with E-state index in [0.717, 1.165) is 67.1 Å². The molecule has 3 aromatic rings. The van der Waals surface area contributed by atoms with Crippen LogP contribution in [0.3, 0.4) is 0 Å². The van der Waals surface area contributed by atoms with Crippen molar-refractivity contribution in [3.63, 3.8) is 0 Å². The number of carbonyl (C=O) groups is 1. The summed E-state index contributed by atoms with van der Waals surface area (Å²) in [5, 5.41) is 1.04. The van der Waals surface area contributed by atoms with E-state index in [9.17, 15) is 4.79 Å². The standard InChI is InChI=1S/C26H27N5O2/c1-19(32)31-14-12-30(13-15-31)11-9-23-4-2-20-16-24(5-6-25(20)29-23)33-26-7-3-21(18-28-26)22-8-10-27-17-22/h2-8,10,16,18H,9,11-15,17H2,1H3. The molecule has 0 radical (unpaired) electrons. The molecule has 2 aliphatic rings. The van der Waals surface area contributed by atoms with Gasteiger partial charge in [0, 0.05) is 75.6 Å². The van der Waals surface area contributed by atoms with Gasteiger partial charge in [-0.05, 0) is 47.5 Å². The maximum absolute atomic E-state index is 11.5. The first kappa shape index (κ1) is 21.3. The summed E-state index contributed by atoms with van der Waals surface area (Å²) in [6.45, 7) is 6.78. The largest absolute Gasteiger partial charge is 0.439 e. The van der Waals surface area contributed by atoms with Gasteiger partial charge in [0.1, 0.15) is 5.75 Å². The summed E-state index contributed by atoms with van der Waals surface area (Å²) in [7, 11) is 0. The first-order valence-electron chi connectivity index (χ1n) is 11.3. The molecule has 0 atom stereocenters. The number of pyridine rings is 2. The monoisotopic (exact) mass is 441 g/mol. The second-order valence-electron chi connectivity index (χ2n) is 8.42. The summed E-state index contributed by atoms with van der Waals surface area (Å²) >= 11 is 0. The number of hydrogen-bond acceptors (Lipinski definition) is 6. The molecule has 168 valence electrons. The van der Waals surface area contributed by atoms with Crippen LogP contribution < -0.4 is 4.74 Å². The van der Waals surface area contributed by atoms with Crippen LogP contribution in [0.4, 0.5) is 0 Å². The summed E-state index contributed by atoms with van der Waals surface area (Å²) in [6.07, 6.45) is 6.55. The molecule has 5 rings (SSSR count). The highest BCUT2D eigenvalue weighted by Crippen LogP contribution is 2.25. The highest BCUT2D eigenvalue weighted by atomic mass is 16.5. The molecule has 1 aromatic carbocycles. The SMILES string of the molecule is CC(=O)N1CCN(CCc2ccc3cc(Oc4ccc(C5=CC=NC5)cn4)ccc3n2)CC1. The third-order valence-electron chi connectivity index (χ3n) is 6.19. The van der Waals surface area contributed by atoms with Gasteiger partial charge < -0.3 is 9.64 Å². The molecule has 2 aliphatic heterocycles. The minimum atomic E-state index is 0.166. The fraction of sp³-hybridized carbons (Fsp3) is 0.308. The van der Waals surface area contributed by atoms with Crippen molar-refractivity contribution >= 4 is 28.6 Å². The normalized spacial score (nSPS) is 16.3. The molecule has 0 N–H and O–H groups in total. The van der Waals surface area contributed by atoms with Gasteiger partial charge in [-0.1, -0.05) is 6.07 Å². The van der Waals surface area contributed by atoms with E-state index in [4.69, 9.17) is 9.72 Å². The minimum absolute atomic E-state index is 0.166. The lowest BCUT2D eigenvalue weighted by molar-refractivity contribution is -0.130. The Morgan fingerprint density at radius 2 is 1.94 bits per heavy atom. The van der Waals surface area contributed by atoms with Crippen LogP contribution in [-0.4, -0.2) is 71.2 Å². The van der Waals surface area contributed by atoms with E-state index in [-0.39, 0.29) is 5.91 Å². The summed E-state index contributed by atoms with van der Waals surface area (Å²) < 4.78 is 5.96. The summed E-state index contributed by atoms with van der Waals surface area (Å²) in [5.41, 5.74) is 4.26. The van der Waals surface area contributed by atoms with Crippen LogP contribution in [0, 0.1) is 0 Å². The zero-order valence-electron chi connectivity index (χ0n) is 18.8. The van der Waals surface area contributed by atoms with Gasteiger partial charge in [-0.25, -0.2) is 4.98 Å². The predicted molar refractivity (Wildman–Crippen MR) is 130 cm³/mol. The van der Waals surface area contributed by atoms with Crippen molar-refractivity contribution in [3.05, 3.63) is 66.0 Å². The van der Waals surface area contributed by atoms with Gasteiger partial charge >= 0.3 is 0 Å². The maximum atomic E-state index is 11.5. The molecule has 1 saturated heterocycles. The highest BCUT2D eigenvalue weighted by Gasteiger charge is 2.18. The van der Waals surface area contributed by atoms with E-state index in [1.807, 2.05) is 53.7 Å². The van der Waals surface area contributed by atoms with E-state index < -0.39 is 0 Å². The number of hydrogen-bond donors (Lipinski definition) is 0. The quantitative estimate of drug-likeness (QED) is 0.585. The zero-order valence-corrected chi connectivity index (χ0v) is 18.8. The average molecular weight is 442 g/mol. The zero-order chi connectivity index (χ0) is 22.6.